The van der Waals surface area contributed by atoms with Gasteiger partial charge in [0, 0.05) is 46.8 Å². The standard InChI is InChI=1S/C28H43N3O7/c1-19(20-9-12-22(25(32)29(5)6)23(17-20)36-15-8-14-35-7)31(21-10-11-21)26(33)24-18-30(13-16-37-24)27(34)38-28(2,3)4/h9,12,17,19,21,24H,8,10-11,13-16,18H2,1-7H3/t19?,24-/m1/s1. The highest BCUT2D eigenvalue weighted by molar-refractivity contribution is 5.96. The van der Waals surface area contributed by atoms with Crippen molar-refractivity contribution in [1.82, 2.24) is 14.7 Å². The van der Waals surface area contributed by atoms with Crippen LogP contribution in [0, 0.1) is 0 Å². The first-order chi connectivity index (χ1) is 17.9. The molecule has 0 bridgehead atoms. The molecule has 2 fully saturated rings. The van der Waals surface area contributed by atoms with Gasteiger partial charge in [-0.3, -0.25) is 9.59 Å². The number of ether oxygens (including phenoxy) is 4. The summed E-state index contributed by atoms with van der Waals surface area (Å²) in [6.45, 7) is 9.17. The molecule has 38 heavy (non-hydrogen) atoms. The van der Waals surface area contributed by atoms with Crippen LogP contribution < -0.4 is 4.74 Å². The summed E-state index contributed by atoms with van der Waals surface area (Å²) in [5.74, 6) is 0.181. The van der Waals surface area contributed by atoms with E-state index in [0.717, 1.165) is 18.4 Å². The first-order valence-corrected chi connectivity index (χ1v) is 13.3. The number of amides is 3. The van der Waals surface area contributed by atoms with E-state index in [-0.39, 0.29) is 37.0 Å². The van der Waals surface area contributed by atoms with Gasteiger partial charge < -0.3 is 33.6 Å². The summed E-state index contributed by atoms with van der Waals surface area (Å²) in [7, 11) is 5.03. The van der Waals surface area contributed by atoms with E-state index < -0.39 is 17.8 Å². The second-order valence-corrected chi connectivity index (χ2v) is 11.1. The molecule has 10 heteroatoms. The van der Waals surface area contributed by atoms with Gasteiger partial charge in [-0.1, -0.05) is 6.07 Å². The predicted molar refractivity (Wildman–Crippen MR) is 142 cm³/mol. The molecule has 1 saturated carbocycles. The van der Waals surface area contributed by atoms with Gasteiger partial charge in [0.1, 0.15) is 11.4 Å². The highest BCUT2D eigenvalue weighted by Gasteiger charge is 2.42. The molecule has 1 aliphatic carbocycles. The van der Waals surface area contributed by atoms with Gasteiger partial charge >= 0.3 is 6.09 Å². The van der Waals surface area contributed by atoms with Crippen molar-refractivity contribution in [2.75, 3.05) is 54.1 Å². The van der Waals surface area contributed by atoms with E-state index in [9.17, 15) is 14.4 Å². The van der Waals surface area contributed by atoms with Crippen molar-refractivity contribution >= 4 is 17.9 Å². The summed E-state index contributed by atoms with van der Waals surface area (Å²) >= 11 is 0. The molecule has 1 saturated heterocycles. The van der Waals surface area contributed by atoms with E-state index in [1.807, 2.05) is 44.7 Å². The largest absolute Gasteiger partial charge is 0.493 e. The summed E-state index contributed by atoms with van der Waals surface area (Å²) in [5.41, 5.74) is 0.714. The van der Waals surface area contributed by atoms with E-state index in [4.69, 9.17) is 18.9 Å². The second kappa shape index (κ2) is 12.8. The highest BCUT2D eigenvalue weighted by atomic mass is 16.6. The van der Waals surface area contributed by atoms with Crippen molar-refractivity contribution in [2.45, 2.75) is 70.7 Å². The average molecular weight is 534 g/mol. The van der Waals surface area contributed by atoms with Gasteiger partial charge in [0.15, 0.2) is 6.10 Å². The van der Waals surface area contributed by atoms with Crippen molar-refractivity contribution in [3.05, 3.63) is 29.3 Å². The molecule has 0 radical (unpaired) electrons. The first-order valence-electron chi connectivity index (χ1n) is 13.3. The Morgan fingerprint density at radius 1 is 1.16 bits per heavy atom. The number of morpholine rings is 1. The number of hydrogen-bond donors (Lipinski definition) is 0. The zero-order valence-electron chi connectivity index (χ0n) is 23.8. The summed E-state index contributed by atoms with van der Waals surface area (Å²) in [6, 6.07) is 5.32. The maximum atomic E-state index is 13.8. The molecule has 3 rings (SSSR count). The topological polar surface area (TPSA) is 97.9 Å². The first kappa shape index (κ1) is 29.7. The van der Waals surface area contributed by atoms with E-state index in [1.165, 1.54) is 4.90 Å². The Labute approximate surface area is 226 Å². The van der Waals surface area contributed by atoms with Gasteiger partial charge in [-0.2, -0.15) is 0 Å². The molecule has 3 amide bonds. The maximum absolute atomic E-state index is 13.8. The number of hydrogen-bond acceptors (Lipinski definition) is 7. The Balaban J connectivity index is 1.80. The van der Waals surface area contributed by atoms with E-state index in [0.29, 0.717) is 37.5 Å². The number of benzene rings is 1. The fourth-order valence-corrected chi connectivity index (χ4v) is 4.38. The third-order valence-electron chi connectivity index (χ3n) is 6.48. The lowest BCUT2D eigenvalue weighted by atomic mass is 10.0. The summed E-state index contributed by atoms with van der Waals surface area (Å²) in [4.78, 5) is 44.1. The van der Waals surface area contributed by atoms with Gasteiger partial charge in [0.25, 0.3) is 11.8 Å². The van der Waals surface area contributed by atoms with Crippen LogP contribution >= 0.6 is 0 Å². The molecule has 2 atom stereocenters. The second-order valence-electron chi connectivity index (χ2n) is 11.1. The average Bonchev–Trinajstić information content (AvgIpc) is 3.70. The maximum Gasteiger partial charge on any atom is 0.410 e. The molecule has 1 heterocycles. The molecule has 1 unspecified atom stereocenters. The van der Waals surface area contributed by atoms with Crippen LogP contribution in [0.3, 0.4) is 0 Å². The molecule has 212 valence electrons. The number of rotatable bonds is 10. The molecule has 0 N–H and O–H groups in total. The lowest BCUT2D eigenvalue weighted by molar-refractivity contribution is -0.151. The van der Waals surface area contributed by atoms with Crippen LogP contribution in [0.4, 0.5) is 4.79 Å². The zero-order valence-corrected chi connectivity index (χ0v) is 23.8. The van der Waals surface area contributed by atoms with Crippen LogP contribution in [-0.4, -0.2) is 104 Å². The van der Waals surface area contributed by atoms with E-state index >= 15 is 0 Å². The number of methoxy groups -OCH3 is 1. The Hall–Kier alpha value is -2.85. The van der Waals surface area contributed by atoms with Crippen LogP contribution in [0.1, 0.15) is 68.9 Å². The number of nitrogens with zero attached hydrogens (tertiary/aromatic N) is 3. The summed E-state index contributed by atoms with van der Waals surface area (Å²) < 4.78 is 22.5. The van der Waals surface area contributed by atoms with Gasteiger partial charge in [-0.25, -0.2) is 4.79 Å². The Morgan fingerprint density at radius 2 is 1.87 bits per heavy atom. The van der Waals surface area contributed by atoms with E-state index in [2.05, 4.69) is 0 Å². The fraction of sp³-hybridized carbons (Fsp3) is 0.679. The number of carbonyl (C=O) groups is 3. The third-order valence-corrected chi connectivity index (χ3v) is 6.48. The van der Waals surface area contributed by atoms with Gasteiger partial charge in [-0.05, 0) is 58.2 Å². The van der Waals surface area contributed by atoms with Crippen molar-refractivity contribution in [2.24, 2.45) is 0 Å². The Morgan fingerprint density at radius 3 is 2.47 bits per heavy atom. The minimum Gasteiger partial charge on any atom is -0.493 e. The zero-order chi connectivity index (χ0) is 28.0. The van der Waals surface area contributed by atoms with Crippen LogP contribution in [0.15, 0.2) is 18.2 Å². The molecule has 2 aliphatic rings. The lowest BCUT2D eigenvalue weighted by Crippen LogP contribution is -2.54. The minimum absolute atomic E-state index is 0.104. The van der Waals surface area contributed by atoms with Crippen LogP contribution in [0.2, 0.25) is 0 Å². The molecule has 10 nitrogen and oxygen atoms in total. The fourth-order valence-electron chi connectivity index (χ4n) is 4.38. The van der Waals surface area contributed by atoms with Crippen LogP contribution in [0.25, 0.3) is 0 Å². The lowest BCUT2D eigenvalue weighted by Gasteiger charge is -2.38. The van der Waals surface area contributed by atoms with Gasteiger partial charge in [-0.15, -0.1) is 0 Å². The smallest absolute Gasteiger partial charge is 0.410 e. The molecule has 1 aromatic carbocycles. The van der Waals surface area contributed by atoms with E-state index in [1.54, 1.807) is 32.2 Å². The van der Waals surface area contributed by atoms with Crippen molar-refractivity contribution in [3.63, 3.8) is 0 Å². The highest BCUT2D eigenvalue weighted by Crippen LogP contribution is 2.37. The SMILES string of the molecule is COCCCOc1cc(C(C)N(C(=O)[C@H]2CN(C(=O)OC(C)(C)C)CCO2)C2CC2)ccc1C(=O)N(C)C. The third kappa shape index (κ3) is 7.83. The molecular weight excluding hydrogens is 490 g/mol. The van der Waals surface area contributed by atoms with Crippen LogP contribution in [-0.2, 0) is 19.0 Å². The normalized spacial score (nSPS) is 18.5. The molecule has 1 aromatic rings. The van der Waals surface area contributed by atoms with Crippen molar-refractivity contribution in [3.8, 4) is 5.75 Å². The summed E-state index contributed by atoms with van der Waals surface area (Å²) in [5, 5.41) is 0. The van der Waals surface area contributed by atoms with Crippen LogP contribution in [0.5, 0.6) is 5.75 Å². The predicted octanol–water partition coefficient (Wildman–Crippen LogP) is 3.49. The molecule has 1 aliphatic heterocycles. The van der Waals surface area contributed by atoms with Gasteiger partial charge in [0.05, 0.1) is 31.4 Å². The summed E-state index contributed by atoms with van der Waals surface area (Å²) in [6.07, 6.45) is 1.30. The monoisotopic (exact) mass is 533 g/mol. The quantitative estimate of drug-likeness (QED) is 0.425. The van der Waals surface area contributed by atoms with Crippen molar-refractivity contribution in [1.29, 1.82) is 0 Å². The van der Waals surface area contributed by atoms with Crippen molar-refractivity contribution < 1.29 is 33.3 Å². The van der Waals surface area contributed by atoms with Gasteiger partial charge in [0.2, 0.25) is 0 Å². The Kier molecular flexibility index (Phi) is 10.0. The molecule has 0 spiro atoms. The minimum atomic E-state index is -0.765. The Bertz CT molecular complexity index is 987. The molecular formula is C28H43N3O7. The number of carbonyl (C=O) groups excluding carboxylic acids is 3. The molecule has 0 aromatic heterocycles.